The van der Waals surface area contributed by atoms with Crippen molar-refractivity contribution in [3.8, 4) is 5.88 Å². The van der Waals surface area contributed by atoms with E-state index in [-0.39, 0.29) is 18.1 Å². The van der Waals surface area contributed by atoms with Crippen LogP contribution in [0.3, 0.4) is 0 Å². The van der Waals surface area contributed by atoms with Gasteiger partial charge < -0.3 is 9.64 Å². The summed E-state index contributed by atoms with van der Waals surface area (Å²) in [5, 5.41) is 0. The zero-order chi connectivity index (χ0) is 14.5. The molecule has 5 heteroatoms. The highest BCUT2D eigenvalue weighted by atomic mass is 16.5. The summed E-state index contributed by atoms with van der Waals surface area (Å²) in [6.45, 7) is 3.46. The third kappa shape index (κ3) is 3.48. The van der Waals surface area contributed by atoms with Crippen molar-refractivity contribution in [1.29, 1.82) is 0 Å². The normalized spacial score (nSPS) is 20.2. The number of ether oxygens (including phenoxy) is 1. The zero-order valence-electron chi connectivity index (χ0n) is 12.5. The molecule has 0 saturated carbocycles. The Balaban J connectivity index is 1.90. The SMILES string of the molecule is CCC(C(=O)N1CCC(Oc2ccccn2)C1)N(C)C. The van der Waals surface area contributed by atoms with Crippen LogP contribution in [0.25, 0.3) is 0 Å². The average molecular weight is 277 g/mol. The van der Waals surface area contributed by atoms with Crippen LogP contribution in [-0.2, 0) is 4.79 Å². The van der Waals surface area contributed by atoms with Gasteiger partial charge in [-0.1, -0.05) is 13.0 Å². The maximum Gasteiger partial charge on any atom is 0.240 e. The van der Waals surface area contributed by atoms with Gasteiger partial charge in [0.1, 0.15) is 6.10 Å². The van der Waals surface area contributed by atoms with Crippen LogP contribution in [0.5, 0.6) is 5.88 Å². The molecule has 2 unspecified atom stereocenters. The third-order valence-corrected chi connectivity index (χ3v) is 3.68. The second-order valence-corrected chi connectivity index (χ2v) is 5.37. The van der Waals surface area contributed by atoms with E-state index in [9.17, 15) is 4.79 Å². The van der Waals surface area contributed by atoms with Crippen LogP contribution in [0.15, 0.2) is 24.4 Å². The molecule has 2 rings (SSSR count). The first-order valence-electron chi connectivity index (χ1n) is 7.14. The third-order valence-electron chi connectivity index (χ3n) is 3.68. The topological polar surface area (TPSA) is 45.7 Å². The van der Waals surface area contributed by atoms with E-state index in [0.717, 1.165) is 19.4 Å². The lowest BCUT2D eigenvalue weighted by Gasteiger charge is -2.27. The van der Waals surface area contributed by atoms with Crippen molar-refractivity contribution < 1.29 is 9.53 Å². The van der Waals surface area contributed by atoms with E-state index >= 15 is 0 Å². The summed E-state index contributed by atoms with van der Waals surface area (Å²) in [4.78, 5) is 20.5. The molecule has 0 radical (unpaired) electrons. The van der Waals surface area contributed by atoms with Crippen molar-refractivity contribution in [2.45, 2.75) is 31.9 Å². The Morgan fingerprint density at radius 3 is 2.95 bits per heavy atom. The standard InChI is InChI=1S/C15H23N3O2/c1-4-13(17(2)3)15(19)18-10-8-12(11-18)20-14-7-5-6-9-16-14/h5-7,9,12-13H,4,8,10-11H2,1-3H3. The first-order chi connectivity index (χ1) is 9.61. The molecule has 0 spiro atoms. The highest BCUT2D eigenvalue weighted by Gasteiger charge is 2.32. The fourth-order valence-corrected chi connectivity index (χ4v) is 2.58. The first kappa shape index (κ1) is 14.8. The lowest BCUT2D eigenvalue weighted by Crippen LogP contribution is -2.45. The summed E-state index contributed by atoms with van der Waals surface area (Å²) in [6, 6.07) is 5.57. The summed E-state index contributed by atoms with van der Waals surface area (Å²) in [5.74, 6) is 0.830. The van der Waals surface area contributed by atoms with Crippen LogP contribution in [0.1, 0.15) is 19.8 Å². The summed E-state index contributed by atoms with van der Waals surface area (Å²) in [5.41, 5.74) is 0. The van der Waals surface area contributed by atoms with E-state index in [1.165, 1.54) is 0 Å². The van der Waals surface area contributed by atoms with Gasteiger partial charge in [-0.2, -0.15) is 0 Å². The van der Waals surface area contributed by atoms with Crippen LogP contribution >= 0.6 is 0 Å². The predicted octanol–water partition coefficient (Wildman–Crippen LogP) is 1.40. The van der Waals surface area contributed by atoms with Gasteiger partial charge in [0.2, 0.25) is 11.8 Å². The van der Waals surface area contributed by atoms with Gasteiger partial charge in [-0.15, -0.1) is 0 Å². The van der Waals surface area contributed by atoms with Gasteiger partial charge in [-0.3, -0.25) is 9.69 Å². The lowest BCUT2D eigenvalue weighted by atomic mass is 10.2. The van der Waals surface area contributed by atoms with E-state index in [1.807, 2.05) is 49.0 Å². The fourth-order valence-electron chi connectivity index (χ4n) is 2.58. The molecule has 1 aliphatic rings. The number of amides is 1. The van der Waals surface area contributed by atoms with Crippen molar-refractivity contribution in [2.75, 3.05) is 27.2 Å². The van der Waals surface area contributed by atoms with Gasteiger partial charge >= 0.3 is 0 Å². The number of hydrogen-bond donors (Lipinski definition) is 0. The number of hydrogen-bond acceptors (Lipinski definition) is 4. The number of rotatable bonds is 5. The number of aromatic nitrogens is 1. The second-order valence-electron chi connectivity index (χ2n) is 5.37. The van der Waals surface area contributed by atoms with Gasteiger partial charge in [0, 0.05) is 25.2 Å². The molecule has 2 atom stereocenters. The minimum Gasteiger partial charge on any atom is -0.472 e. The molecule has 1 saturated heterocycles. The van der Waals surface area contributed by atoms with Crippen LogP contribution < -0.4 is 4.74 Å². The Labute approximate surface area is 120 Å². The van der Waals surface area contributed by atoms with E-state index in [2.05, 4.69) is 4.98 Å². The van der Waals surface area contributed by atoms with Gasteiger partial charge in [-0.05, 0) is 26.6 Å². The van der Waals surface area contributed by atoms with Crippen LogP contribution in [0.2, 0.25) is 0 Å². The molecular formula is C15H23N3O2. The maximum absolute atomic E-state index is 12.4. The molecule has 20 heavy (non-hydrogen) atoms. The van der Waals surface area contributed by atoms with Gasteiger partial charge in [0.15, 0.2) is 0 Å². The number of nitrogens with zero attached hydrogens (tertiary/aromatic N) is 3. The van der Waals surface area contributed by atoms with E-state index in [1.54, 1.807) is 6.20 Å². The Kier molecular flexibility index (Phi) is 4.95. The fraction of sp³-hybridized carbons (Fsp3) is 0.600. The molecular weight excluding hydrogens is 254 g/mol. The number of carbonyl (C=O) groups is 1. The highest BCUT2D eigenvalue weighted by Crippen LogP contribution is 2.18. The Morgan fingerprint density at radius 1 is 1.55 bits per heavy atom. The molecule has 0 N–H and O–H groups in total. The van der Waals surface area contributed by atoms with Crippen molar-refractivity contribution in [3.63, 3.8) is 0 Å². The van der Waals surface area contributed by atoms with Crippen molar-refractivity contribution in [1.82, 2.24) is 14.8 Å². The molecule has 0 aromatic carbocycles. The zero-order valence-corrected chi connectivity index (χ0v) is 12.5. The minimum atomic E-state index is -0.0383. The smallest absolute Gasteiger partial charge is 0.240 e. The van der Waals surface area contributed by atoms with Gasteiger partial charge in [0.05, 0.1) is 12.6 Å². The van der Waals surface area contributed by atoms with E-state index in [4.69, 9.17) is 4.74 Å². The largest absolute Gasteiger partial charge is 0.472 e. The monoisotopic (exact) mass is 277 g/mol. The highest BCUT2D eigenvalue weighted by molar-refractivity contribution is 5.82. The number of pyridine rings is 1. The average Bonchev–Trinajstić information content (AvgIpc) is 2.88. The Hall–Kier alpha value is -1.62. The predicted molar refractivity (Wildman–Crippen MR) is 77.6 cm³/mol. The molecule has 2 heterocycles. The molecule has 5 nitrogen and oxygen atoms in total. The van der Waals surface area contributed by atoms with Gasteiger partial charge in [-0.25, -0.2) is 4.98 Å². The summed E-state index contributed by atoms with van der Waals surface area (Å²) in [7, 11) is 3.90. The van der Waals surface area contributed by atoms with Crippen LogP contribution in [0, 0.1) is 0 Å². The molecule has 110 valence electrons. The lowest BCUT2D eigenvalue weighted by molar-refractivity contribution is -0.135. The molecule has 1 fully saturated rings. The molecule has 1 amide bonds. The second kappa shape index (κ2) is 6.70. The van der Waals surface area contributed by atoms with Crippen molar-refractivity contribution >= 4 is 5.91 Å². The summed E-state index contributed by atoms with van der Waals surface area (Å²) in [6.07, 6.45) is 3.46. The van der Waals surface area contributed by atoms with Crippen molar-refractivity contribution in [3.05, 3.63) is 24.4 Å². The quantitative estimate of drug-likeness (QED) is 0.816. The molecule has 1 aromatic rings. The number of likely N-dealkylation sites (tertiary alicyclic amines) is 1. The summed E-state index contributed by atoms with van der Waals surface area (Å²) >= 11 is 0. The molecule has 0 bridgehead atoms. The molecule has 0 aliphatic carbocycles. The Morgan fingerprint density at radius 2 is 2.35 bits per heavy atom. The Bertz CT molecular complexity index is 436. The first-order valence-corrected chi connectivity index (χ1v) is 7.14. The summed E-state index contributed by atoms with van der Waals surface area (Å²) < 4.78 is 5.81. The number of carbonyl (C=O) groups excluding carboxylic acids is 1. The maximum atomic E-state index is 12.4. The van der Waals surface area contributed by atoms with Crippen molar-refractivity contribution in [2.24, 2.45) is 0 Å². The van der Waals surface area contributed by atoms with Crippen LogP contribution in [-0.4, -0.2) is 60.0 Å². The van der Waals surface area contributed by atoms with Crippen LogP contribution in [0.4, 0.5) is 0 Å². The molecule has 1 aliphatic heterocycles. The van der Waals surface area contributed by atoms with E-state index in [0.29, 0.717) is 12.4 Å². The number of likely N-dealkylation sites (N-methyl/N-ethyl adjacent to an activating group) is 1. The van der Waals surface area contributed by atoms with Gasteiger partial charge in [0.25, 0.3) is 0 Å². The van der Waals surface area contributed by atoms with E-state index < -0.39 is 0 Å². The minimum absolute atomic E-state index is 0.0383. The molecule has 1 aromatic heterocycles.